The Hall–Kier alpha value is -1.55. The predicted molar refractivity (Wildman–Crippen MR) is 65.8 cm³/mol. The van der Waals surface area contributed by atoms with Crippen molar-refractivity contribution in [3.05, 3.63) is 29.8 Å². The lowest BCUT2D eigenvalue weighted by atomic mass is 10.1. The average molecular weight is 237 g/mol. The van der Waals surface area contributed by atoms with Gasteiger partial charge in [-0.05, 0) is 38.5 Å². The van der Waals surface area contributed by atoms with Crippen molar-refractivity contribution in [2.24, 2.45) is 0 Å². The van der Waals surface area contributed by atoms with Gasteiger partial charge in [-0.15, -0.1) is 0 Å². The van der Waals surface area contributed by atoms with E-state index in [9.17, 15) is 4.79 Å². The lowest BCUT2D eigenvalue weighted by Crippen LogP contribution is -2.43. The van der Waals surface area contributed by atoms with E-state index in [0.717, 1.165) is 5.56 Å². The van der Waals surface area contributed by atoms with Crippen LogP contribution in [0.5, 0.6) is 5.75 Å². The molecular weight excluding hydrogens is 218 g/mol. The minimum absolute atomic E-state index is 0.0217. The van der Waals surface area contributed by atoms with Crippen molar-refractivity contribution in [2.75, 3.05) is 6.61 Å². The Bertz CT molecular complexity index is 382. The maximum atomic E-state index is 11.5. The molecule has 17 heavy (non-hydrogen) atoms. The number of benzene rings is 1. The topological polar surface area (TPSA) is 58.6 Å². The van der Waals surface area contributed by atoms with Gasteiger partial charge in [0.1, 0.15) is 5.75 Å². The molecule has 2 N–H and O–H groups in total. The third-order valence-electron chi connectivity index (χ3n) is 1.97. The zero-order chi connectivity index (χ0) is 12.9. The Morgan fingerprint density at radius 1 is 1.41 bits per heavy atom. The third-order valence-corrected chi connectivity index (χ3v) is 1.97. The molecule has 0 aliphatic heterocycles. The van der Waals surface area contributed by atoms with E-state index in [-0.39, 0.29) is 24.7 Å². The van der Waals surface area contributed by atoms with Crippen LogP contribution in [0.2, 0.25) is 0 Å². The van der Waals surface area contributed by atoms with E-state index in [0.29, 0.717) is 5.75 Å². The molecule has 0 fully saturated rings. The zero-order valence-corrected chi connectivity index (χ0v) is 10.5. The van der Waals surface area contributed by atoms with Crippen molar-refractivity contribution in [1.29, 1.82) is 0 Å². The average Bonchev–Trinajstić information content (AvgIpc) is 2.24. The van der Waals surface area contributed by atoms with Crippen molar-refractivity contribution in [2.45, 2.75) is 32.9 Å². The molecule has 1 amide bonds. The highest BCUT2D eigenvalue weighted by molar-refractivity contribution is 5.78. The summed E-state index contributed by atoms with van der Waals surface area (Å²) in [4.78, 5) is 11.5. The molecule has 0 bridgehead atoms. The smallest absolute Gasteiger partial charge is 0.258 e. The summed E-state index contributed by atoms with van der Waals surface area (Å²) in [5, 5.41) is 11.8. The fourth-order valence-corrected chi connectivity index (χ4v) is 1.34. The summed E-state index contributed by atoms with van der Waals surface area (Å²) < 4.78 is 5.33. The second kappa shape index (κ2) is 5.68. The molecule has 4 heteroatoms. The molecule has 1 aromatic carbocycles. The maximum Gasteiger partial charge on any atom is 0.258 e. The lowest BCUT2D eigenvalue weighted by Gasteiger charge is -2.20. The van der Waals surface area contributed by atoms with Crippen molar-refractivity contribution in [1.82, 2.24) is 5.32 Å². The first kappa shape index (κ1) is 13.5. The monoisotopic (exact) mass is 237 g/mol. The molecule has 0 spiro atoms. The van der Waals surface area contributed by atoms with Crippen LogP contribution in [-0.2, 0) is 11.4 Å². The van der Waals surface area contributed by atoms with E-state index in [1.807, 2.05) is 20.8 Å². The molecule has 0 unspecified atom stereocenters. The number of nitrogens with one attached hydrogen (secondary N) is 1. The summed E-state index contributed by atoms with van der Waals surface area (Å²) in [5.41, 5.74) is 0.506. The van der Waals surface area contributed by atoms with Gasteiger partial charge in [-0.2, -0.15) is 0 Å². The quantitative estimate of drug-likeness (QED) is 0.833. The van der Waals surface area contributed by atoms with E-state index in [1.165, 1.54) is 0 Å². The van der Waals surface area contributed by atoms with Crippen LogP contribution in [-0.4, -0.2) is 23.2 Å². The molecule has 1 aromatic rings. The maximum absolute atomic E-state index is 11.5. The Morgan fingerprint density at radius 2 is 2.12 bits per heavy atom. The molecule has 0 aliphatic rings. The van der Waals surface area contributed by atoms with Crippen LogP contribution in [0.4, 0.5) is 0 Å². The van der Waals surface area contributed by atoms with E-state index < -0.39 is 0 Å². The Labute approximate surface area is 102 Å². The fourth-order valence-electron chi connectivity index (χ4n) is 1.34. The molecule has 1 rings (SSSR count). The van der Waals surface area contributed by atoms with Crippen LogP contribution in [0, 0.1) is 0 Å². The number of ether oxygens (including phenoxy) is 1. The second-order valence-corrected chi connectivity index (χ2v) is 4.89. The van der Waals surface area contributed by atoms with Gasteiger partial charge in [0.25, 0.3) is 5.91 Å². The summed E-state index contributed by atoms with van der Waals surface area (Å²) >= 11 is 0. The van der Waals surface area contributed by atoms with E-state index >= 15 is 0 Å². The molecule has 94 valence electrons. The van der Waals surface area contributed by atoms with E-state index in [2.05, 4.69) is 5.32 Å². The van der Waals surface area contributed by atoms with Crippen LogP contribution in [0.25, 0.3) is 0 Å². The van der Waals surface area contributed by atoms with E-state index in [4.69, 9.17) is 9.84 Å². The normalized spacial score (nSPS) is 11.1. The molecular formula is C13H19NO3. The third kappa shape index (κ3) is 5.36. The van der Waals surface area contributed by atoms with Gasteiger partial charge in [0.15, 0.2) is 6.61 Å². The summed E-state index contributed by atoms with van der Waals surface area (Å²) in [7, 11) is 0. The Morgan fingerprint density at radius 3 is 2.71 bits per heavy atom. The molecule has 0 saturated carbocycles. The molecule has 0 atom stereocenters. The standard InChI is InChI=1S/C13H19NO3/c1-13(2,3)14-12(16)9-17-11-6-4-5-10(7-11)8-15/h4-7,15H,8-9H2,1-3H3,(H,14,16). The van der Waals surface area contributed by atoms with Crippen molar-refractivity contribution in [3.63, 3.8) is 0 Å². The number of carbonyl (C=O) groups is 1. The first-order chi connectivity index (χ1) is 7.90. The van der Waals surface area contributed by atoms with Gasteiger partial charge < -0.3 is 15.2 Å². The van der Waals surface area contributed by atoms with Gasteiger partial charge in [0.05, 0.1) is 6.61 Å². The number of hydrogen-bond acceptors (Lipinski definition) is 3. The highest BCUT2D eigenvalue weighted by Crippen LogP contribution is 2.13. The van der Waals surface area contributed by atoms with Crippen molar-refractivity contribution >= 4 is 5.91 Å². The van der Waals surface area contributed by atoms with Crippen LogP contribution in [0.1, 0.15) is 26.3 Å². The fraction of sp³-hybridized carbons (Fsp3) is 0.462. The van der Waals surface area contributed by atoms with Gasteiger partial charge in [0.2, 0.25) is 0 Å². The molecule has 0 aromatic heterocycles. The molecule has 0 radical (unpaired) electrons. The predicted octanol–water partition coefficient (Wildman–Crippen LogP) is 1.47. The van der Waals surface area contributed by atoms with E-state index in [1.54, 1.807) is 24.3 Å². The first-order valence-electron chi connectivity index (χ1n) is 5.54. The summed E-state index contributed by atoms with van der Waals surface area (Å²) in [5.74, 6) is 0.424. The molecule has 0 aliphatic carbocycles. The van der Waals surface area contributed by atoms with Gasteiger partial charge in [-0.3, -0.25) is 4.79 Å². The largest absolute Gasteiger partial charge is 0.484 e. The number of aliphatic hydroxyl groups excluding tert-OH is 1. The van der Waals surface area contributed by atoms with Crippen LogP contribution in [0.3, 0.4) is 0 Å². The van der Waals surface area contributed by atoms with Crippen molar-refractivity contribution in [3.8, 4) is 5.75 Å². The molecule has 0 heterocycles. The van der Waals surface area contributed by atoms with Gasteiger partial charge in [-0.25, -0.2) is 0 Å². The Balaban J connectivity index is 2.47. The van der Waals surface area contributed by atoms with Crippen LogP contribution < -0.4 is 10.1 Å². The minimum Gasteiger partial charge on any atom is -0.484 e. The number of amides is 1. The second-order valence-electron chi connectivity index (χ2n) is 4.89. The minimum atomic E-state index is -0.257. The number of aliphatic hydroxyl groups is 1. The number of rotatable bonds is 4. The van der Waals surface area contributed by atoms with Gasteiger partial charge in [-0.1, -0.05) is 12.1 Å². The Kier molecular flexibility index (Phi) is 4.52. The summed E-state index contributed by atoms with van der Waals surface area (Å²) in [6.45, 7) is 5.68. The number of carbonyl (C=O) groups excluding carboxylic acids is 1. The first-order valence-corrected chi connectivity index (χ1v) is 5.54. The highest BCUT2D eigenvalue weighted by atomic mass is 16.5. The van der Waals surface area contributed by atoms with Crippen LogP contribution >= 0.6 is 0 Å². The summed E-state index contributed by atoms with van der Waals surface area (Å²) in [6.07, 6.45) is 0. The highest BCUT2D eigenvalue weighted by Gasteiger charge is 2.13. The lowest BCUT2D eigenvalue weighted by molar-refractivity contribution is -0.124. The molecule has 0 saturated heterocycles. The molecule has 4 nitrogen and oxygen atoms in total. The van der Waals surface area contributed by atoms with Gasteiger partial charge in [0, 0.05) is 5.54 Å². The number of hydrogen-bond donors (Lipinski definition) is 2. The van der Waals surface area contributed by atoms with Crippen LogP contribution in [0.15, 0.2) is 24.3 Å². The SMILES string of the molecule is CC(C)(C)NC(=O)COc1cccc(CO)c1. The van der Waals surface area contributed by atoms with Crippen molar-refractivity contribution < 1.29 is 14.6 Å². The zero-order valence-electron chi connectivity index (χ0n) is 10.5. The van der Waals surface area contributed by atoms with Gasteiger partial charge >= 0.3 is 0 Å². The summed E-state index contributed by atoms with van der Waals surface area (Å²) in [6, 6.07) is 7.04.